The molecule has 0 aliphatic heterocycles. The van der Waals surface area contributed by atoms with E-state index in [-0.39, 0.29) is 0 Å². The molecule has 0 spiro atoms. The molecule has 1 nitrogen and oxygen atoms in total. The van der Waals surface area contributed by atoms with Gasteiger partial charge in [0.2, 0.25) is 0 Å². The lowest BCUT2D eigenvalue weighted by atomic mass is 9.96. The van der Waals surface area contributed by atoms with Gasteiger partial charge in [0.15, 0.2) is 0 Å². The average Bonchev–Trinajstić information content (AvgIpc) is 2.14. The van der Waals surface area contributed by atoms with Crippen LogP contribution >= 0.6 is 0 Å². The molecule has 2 unspecified atom stereocenters. The van der Waals surface area contributed by atoms with Gasteiger partial charge in [0.25, 0.3) is 0 Å². The Morgan fingerprint density at radius 3 is 2.15 bits per heavy atom. The van der Waals surface area contributed by atoms with Gasteiger partial charge in [-0.3, -0.25) is 0 Å². The van der Waals surface area contributed by atoms with Crippen LogP contribution in [0, 0.1) is 11.8 Å². The third-order valence-electron chi connectivity index (χ3n) is 2.91. The molecule has 1 heteroatoms. The van der Waals surface area contributed by atoms with Crippen LogP contribution < -0.4 is 0 Å². The van der Waals surface area contributed by atoms with Gasteiger partial charge in [-0.2, -0.15) is 0 Å². The minimum Gasteiger partial charge on any atom is -0.385 e. The van der Waals surface area contributed by atoms with E-state index >= 15 is 0 Å². The van der Waals surface area contributed by atoms with Gasteiger partial charge in [0.1, 0.15) is 0 Å². The summed E-state index contributed by atoms with van der Waals surface area (Å²) in [6, 6.07) is 0. The van der Waals surface area contributed by atoms with Crippen LogP contribution in [0.2, 0.25) is 0 Å². The zero-order valence-electron chi connectivity index (χ0n) is 9.81. The van der Waals surface area contributed by atoms with Crippen LogP contribution in [0.15, 0.2) is 0 Å². The lowest BCUT2D eigenvalue weighted by Crippen LogP contribution is -2.01. The van der Waals surface area contributed by atoms with Crippen LogP contribution in [0.3, 0.4) is 0 Å². The Morgan fingerprint density at radius 1 is 1.00 bits per heavy atom. The first kappa shape index (κ1) is 13.0. The highest BCUT2D eigenvalue weighted by molar-refractivity contribution is 4.56. The topological polar surface area (TPSA) is 9.23 Å². The van der Waals surface area contributed by atoms with Crippen molar-refractivity contribution >= 4 is 0 Å². The molecule has 0 rings (SSSR count). The molecule has 0 saturated carbocycles. The summed E-state index contributed by atoms with van der Waals surface area (Å²) in [4.78, 5) is 0. The molecule has 0 aromatic carbocycles. The quantitative estimate of drug-likeness (QED) is 0.559. The van der Waals surface area contributed by atoms with Crippen molar-refractivity contribution in [2.75, 3.05) is 13.7 Å². The molecule has 0 heterocycles. The number of ether oxygens (including phenoxy) is 1. The summed E-state index contributed by atoms with van der Waals surface area (Å²) < 4.78 is 5.06. The lowest BCUT2D eigenvalue weighted by Gasteiger charge is -2.12. The number of hydrogen-bond acceptors (Lipinski definition) is 1. The van der Waals surface area contributed by atoms with Crippen LogP contribution in [0.4, 0.5) is 0 Å². The maximum absolute atomic E-state index is 5.06. The third-order valence-corrected chi connectivity index (χ3v) is 2.91. The van der Waals surface area contributed by atoms with Crippen molar-refractivity contribution in [3.8, 4) is 0 Å². The third kappa shape index (κ3) is 8.29. The van der Waals surface area contributed by atoms with Crippen LogP contribution in [-0.2, 0) is 4.74 Å². The molecule has 0 bridgehead atoms. The fourth-order valence-corrected chi connectivity index (χ4v) is 1.48. The molecule has 0 aromatic rings. The Kier molecular flexibility index (Phi) is 8.53. The minimum absolute atomic E-state index is 0.837. The molecule has 0 amide bonds. The van der Waals surface area contributed by atoms with E-state index in [9.17, 15) is 0 Å². The molecule has 80 valence electrons. The molecule has 0 aliphatic carbocycles. The second-order valence-corrected chi connectivity index (χ2v) is 4.33. The van der Waals surface area contributed by atoms with E-state index in [2.05, 4.69) is 20.8 Å². The predicted molar refractivity (Wildman–Crippen MR) is 59.0 cm³/mol. The highest BCUT2D eigenvalue weighted by Gasteiger charge is 2.03. The lowest BCUT2D eigenvalue weighted by molar-refractivity contribution is 0.177. The van der Waals surface area contributed by atoms with Crippen molar-refractivity contribution in [2.24, 2.45) is 11.8 Å². The Morgan fingerprint density at radius 2 is 1.62 bits per heavy atom. The molecule has 0 saturated heterocycles. The Balaban J connectivity index is 3.21. The Labute approximate surface area is 83.9 Å². The maximum atomic E-state index is 5.06. The molecule has 2 atom stereocenters. The number of rotatable bonds is 8. The van der Waals surface area contributed by atoms with Gasteiger partial charge in [0, 0.05) is 13.7 Å². The molecular weight excluding hydrogens is 160 g/mol. The minimum atomic E-state index is 0.837. The molecule has 0 aromatic heterocycles. The first-order valence-electron chi connectivity index (χ1n) is 5.69. The van der Waals surface area contributed by atoms with Gasteiger partial charge in [-0.15, -0.1) is 0 Å². The van der Waals surface area contributed by atoms with Crippen LogP contribution in [0.5, 0.6) is 0 Å². The standard InChI is InChI=1S/C12H26O/c1-5-11(2)7-6-8-12(3)9-10-13-4/h11-12H,5-10H2,1-4H3. The predicted octanol–water partition coefficient (Wildman–Crippen LogP) is 3.88. The summed E-state index contributed by atoms with van der Waals surface area (Å²) in [6.45, 7) is 7.87. The van der Waals surface area contributed by atoms with Crippen LogP contribution in [0.1, 0.15) is 52.9 Å². The highest BCUT2D eigenvalue weighted by atomic mass is 16.5. The molecule has 0 fully saturated rings. The van der Waals surface area contributed by atoms with Crippen molar-refractivity contribution in [3.63, 3.8) is 0 Å². The summed E-state index contributed by atoms with van der Waals surface area (Å²) in [5.74, 6) is 1.75. The van der Waals surface area contributed by atoms with Crippen molar-refractivity contribution in [1.82, 2.24) is 0 Å². The molecule has 0 aliphatic rings. The zero-order valence-corrected chi connectivity index (χ0v) is 9.81. The second kappa shape index (κ2) is 8.55. The second-order valence-electron chi connectivity index (χ2n) is 4.33. The first-order valence-corrected chi connectivity index (χ1v) is 5.69. The average molecular weight is 186 g/mol. The van der Waals surface area contributed by atoms with Crippen molar-refractivity contribution in [2.45, 2.75) is 52.9 Å². The van der Waals surface area contributed by atoms with E-state index < -0.39 is 0 Å². The zero-order chi connectivity index (χ0) is 10.1. The Hall–Kier alpha value is -0.0400. The molecular formula is C12H26O. The summed E-state index contributed by atoms with van der Waals surface area (Å²) in [5.41, 5.74) is 0. The van der Waals surface area contributed by atoms with E-state index in [4.69, 9.17) is 4.74 Å². The van der Waals surface area contributed by atoms with Gasteiger partial charge in [0.05, 0.1) is 0 Å². The van der Waals surface area contributed by atoms with E-state index in [0.29, 0.717) is 0 Å². The highest BCUT2D eigenvalue weighted by Crippen LogP contribution is 2.16. The largest absolute Gasteiger partial charge is 0.385 e. The monoisotopic (exact) mass is 186 g/mol. The summed E-state index contributed by atoms with van der Waals surface area (Å²) in [6.07, 6.45) is 6.70. The SMILES string of the molecule is CCC(C)CCCC(C)CCOC. The molecule has 13 heavy (non-hydrogen) atoms. The molecule has 0 N–H and O–H groups in total. The number of hydrogen-bond donors (Lipinski definition) is 0. The fraction of sp³-hybridized carbons (Fsp3) is 1.00. The smallest absolute Gasteiger partial charge is 0.0464 e. The summed E-state index contributed by atoms with van der Waals surface area (Å²) in [7, 11) is 1.78. The van der Waals surface area contributed by atoms with Gasteiger partial charge in [-0.25, -0.2) is 0 Å². The van der Waals surface area contributed by atoms with E-state index in [1.165, 1.54) is 32.1 Å². The van der Waals surface area contributed by atoms with Crippen molar-refractivity contribution in [1.29, 1.82) is 0 Å². The maximum Gasteiger partial charge on any atom is 0.0464 e. The number of methoxy groups -OCH3 is 1. The van der Waals surface area contributed by atoms with E-state index in [0.717, 1.165) is 18.4 Å². The van der Waals surface area contributed by atoms with Gasteiger partial charge < -0.3 is 4.74 Å². The molecule has 0 radical (unpaired) electrons. The normalized spacial score (nSPS) is 15.7. The summed E-state index contributed by atoms with van der Waals surface area (Å²) in [5, 5.41) is 0. The van der Waals surface area contributed by atoms with Crippen LogP contribution in [-0.4, -0.2) is 13.7 Å². The van der Waals surface area contributed by atoms with E-state index in [1.54, 1.807) is 7.11 Å². The summed E-state index contributed by atoms with van der Waals surface area (Å²) >= 11 is 0. The van der Waals surface area contributed by atoms with Crippen molar-refractivity contribution in [3.05, 3.63) is 0 Å². The fourth-order valence-electron chi connectivity index (χ4n) is 1.48. The first-order chi connectivity index (χ1) is 6.20. The van der Waals surface area contributed by atoms with Gasteiger partial charge in [-0.1, -0.05) is 46.5 Å². The van der Waals surface area contributed by atoms with E-state index in [1.807, 2.05) is 0 Å². The van der Waals surface area contributed by atoms with Gasteiger partial charge in [-0.05, 0) is 18.3 Å². The Bertz CT molecular complexity index is 101. The van der Waals surface area contributed by atoms with Crippen molar-refractivity contribution < 1.29 is 4.74 Å². The van der Waals surface area contributed by atoms with Crippen LogP contribution in [0.25, 0.3) is 0 Å². The van der Waals surface area contributed by atoms with Gasteiger partial charge >= 0.3 is 0 Å².